The maximum Gasteiger partial charge on any atom is 0.350 e. The monoisotopic (exact) mass is 484 g/mol. The second-order valence-electron chi connectivity index (χ2n) is 7.35. The normalized spacial score (nSPS) is 15.2. The van der Waals surface area contributed by atoms with Gasteiger partial charge in [0.2, 0.25) is 5.76 Å². The van der Waals surface area contributed by atoms with Crippen molar-refractivity contribution in [2.24, 2.45) is 0 Å². The van der Waals surface area contributed by atoms with E-state index in [2.05, 4.69) is 4.98 Å². The van der Waals surface area contributed by atoms with E-state index in [0.717, 1.165) is 23.5 Å². The number of halogens is 2. The number of amides is 1. The predicted octanol–water partition coefficient (Wildman–Crippen LogP) is 4.89. The van der Waals surface area contributed by atoms with Gasteiger partial charge in [0.05, 0.1) is 29.8 Å². The Morgan fingerprint density at radius 1 is 1.24 bits per heavy atom. The Hall–Kier alpha value is -3.56. The van der Waals surface area contributed by atoms with E-state index in [9.17, 15) is 18.8 Å². The third-order valence-electron chi connectivity index (χ3n) is 5.36. The highest BCUT2D eigenvalue weighted by atomic mass is 35.5. The summed E-state index contributed by atoms with van der Waals surface area (Å²) in [5, 5.41) is 0.597. The highest BCUT2D eigenvalue weighted by molar-refractivity contribution is 7.17. The number of fused-ring (bicyclic) bond motifs is 2. The van der Waals surface area contributed by atoms with Gasteiger partial charge in [-0.3, -0.25) is 14.5 Å². The minimum absolute atomic E-state index is 0.0148. The number of nitrogens with zero attached hydrogens (tertiary/aromatic N) is 2. The molecule has 33 heavy (non-hydrogen) atoms. The number of ether oxygens (including phenoxy) is 1. The first kappa shape index (κ1) is 21.3. The van der Waals surface area contributed by atoms with Crippen LogP contribution < -0.4 is 10.3 Å². The third kappa shape index (κ3) is 3.32. The van der Waals surface area contributed by atoms with Crippen molar-refractivity contribution in [2.75, 3.05) is 12.0 Å². The van der Waals surface area contributed by atoms with E-state index in [-0.39, 0.29) is 32.3 Å². The summed E-state index contributed by atoms with van der Waals surface area (Å²) in [4.78, 5) is 45.0. The number of hydrogen-bond donors (Lipinski definition) is 0. The van der Waals surface area contributed by atoms with Crippen LogP contribution >= 0.6 is 22.9 Å². The molecular weight excluding hydrogens is 471 g/mol. The lowest BCUT2D eigenvalue weighted by atomic mass is 9.99. The lowest BCUT2D eigenvalue weighted by Crippen LogP contribution is -2.29. The van der Waals surface area contributed by atoms with Crippen LogP contribution in [0.5, 0.6) is 0 Å². The maximum atomic E-state index is 13.9. The Balaban J connectivity index is 1.80. The van der Waals surface area contributed by atoms with Crippen LogP contribution in [-0.4, -0.2) is 24.0 Å². The lowest BCUT2D eigenvalue weighted by molar-refractivity contribution is 0.0605. The Morgan fingerprint density at radius 2 is 2.03 bits per heavy atom. The standard InChI is InChI=1S/C23H14ClFN2O5S/c1-10-20(22(30)31-2)33-23(26-10)27-17(11-4-3-5-12(24)8-11)16-18(28)14-9-13(25)6-7-15(14)32-19(16)21(27)29/h3-9,17H,1-2H3. The number of hydrogen-bond acceptors (Lipinski definition) is 7. The summed E-state index contributed by atoms with van der Waals surface area (Å²) >= 11 is 7.16. The van der Waals surface area contributed by atoms with Gasteiger partial charge >= 0.3 is 5.97 Å². The number of methoxy groups -OCH3 is 1. The summed E-state index contributed by atoms with van der Waals surface area (Å²) in [6.45, 7) is 1.62. The van der Waals surface area contributed by atoms with Gasteiger partial charge in [0, 0.05) is 5.02 Å². The highest BCUT2D eigenvalue weighted by Crippen LogP contribution is 2.43. The quantitative estimate of drug-likeness (QED) is 0.385. The second kappa shape index (κ2) is 7.79. The minimum Gasteiger partial charge on any atom is -0.465 e. The fourth-order valence-electron chi connectivity index (χ4n) is 3.90. The van der Waals surface area contributed by atoms with Crippen molar-refractivity contribution in [3.8, 4) is 0 Å². The number of esters is 1. The molecule has 4 aromatic rings. The molecule has 0 bridgehead atoms. The Morgan fingerprint density at radius 3 is 2.76 bits per heavy atom. The molecule has 10 heteroatoms. The van der Waals surface area contributed by atoms with Crippen molar-refractivity contribution >= 4 is 50.9 Å². The zero-order valence-electron chi connectivity index (χ0n) is 17.2. The van der Waals surface area contributed by atoms with Crippen molar-refractivity contribution < 1.29 is 23.1 Å². The van der Waals surface area contributed by atoms with Gasteiger partial charge in [-0.25, -0.2) is 14.2 Å². The first-order valence-electron chi connectivity index (χ1n) is 9.71. The average molecular weight is 485 g/mol. The van der Waals surface area contributed by atoms with Crippen LogP contribution in [0.4, 0.5) is 9.52 Å². The Labute approximate surface area is 195 Å². The molecule has 0 spiro atoms. The Bertz CT molecular complexity index is 1530. The van der Waals surface area contributed by atoms with Gasteiger partial charge in [-0.1, -0.05) is 35.1 Å². The van der Waals surface area contributed by atoms with E-state index in [4.69, 9.17) is 20.8 Å². The van der Waals surface area contributed by atoms with Gasteiger partial charge in [-0.15, -0.1) is 0 Å². The molecule has 0 aliphatic carbocycles. The number of benzene rings is 2. The summed E-state index contributed by atoms with van der Waals surface area (Å²) in [5.41, 5.74) is 0.513. The predicted molar refractivity (Wildman–Crippen MR) is 121 cm³/mol. The van der Waals surface area contributed by atoms with Gasteiger partial charge in [0.15, 0.2) is 10.6 Å². The van der Waals surface area contributed by atoms with Crippen LogP contribution in [0.2, 0.25) is 5.02 Å². The first-order chi connectivity index (χ1) is 15.8. The number of aryl methyl sites for hydroxylation is 1. The fourth-order valence-corrected chi connectivity index (χ4v) is 5.11. The van der Waals surface area contributed by atoms with Gasteiger partial charge in [0.25, 0.3) is 5.91 Å². The maximum absolute atomic E-state index is 13.9. The van der Waals surface area contributed by atoms with Crippen LogP contribution in [0.3, 0.4) is 0 Å². The summed E-state index contributed by atoms with van der Waals surface area (Å²) in [5.74, 6) is -1.97. The van der Waals surface area contributed by atoms with Crippen molar-refractivity contribution in [3.63, 3.8) is 0 Å². The molecule has 0 radical (unpaired) electrons. The van der Waals surface area contributed by atoms with Crippen LogP contribution in [0.25, 0.3) is 11.0 Å². The Kier molecular flexibility index (Phi) is 5.02. The number of aromatic nitrogens is 1. The average Bonchev–Trinajstić information content (AvgIpc) is 3.31. The smallest absolute Gasteiger partial charge is 0.350 e. The molecule has 5 rings (SSSR count). The summed E-state index contributed by atoms with van der Waals surface area (Å²) in [6.07, 6.45) is 0. The molecular formula is C23H14ClFN2O5S. The second-order valence-corrected chi connectivity index (χ2v) is 8.76. The molecule has 1 atom stereocenters. The number of carbonyl (C=O) groups is 2. The van der Waals surface area contributed by atoms with Crippen LogP contribution in [0, 0.1) is 12.7 Å². The highest BCUT2D eigenvalue weighted by Gasteiger charge is 2.45. The molecule has 0 fully saturated rings. The summed E-state index contributed by atoms with van der Waals surface area (Å²) in [7, 11) is 1.25. The van der Waals surface area contributed by atoms with E-state index >= 15 is 0 Å². The van der Waals surface area contributed by atoms with Crippen molar-refractivity contribution in [1.29, 1.82) is 0 Å². The van der Waals surface area contributed by atoms with Crippen LogP contribution in [-0.2, 0) is 4.74 Å². The third-order valence-corrected chi connectivity index (χ3v) is 6.73. The number of anilines is 1. The minimum atomic E-state index is -0.939. The number of carbonyl (C=O) groups excluding carboxylic acids is 2. The molecule has 7 nitrogen and oxygen atoms in total. The molecule has 1 aliphatic heterocycles. The lowest BCUT2D eigenvalue weighted by Gasteiger charge is -2.22. The molecule has 1 unspecified atom stereocenters. The van der Waals surface area contributed by atoms with E-state index in [1.807, 2.05) is 0 Å². The first-order valence-corrected chi connectivity index (χ1v) is 10.9. The molecule has 3 heterocycles. The largest absolute Gasteiger partial charge is 0.465 e. The van der Waals surface area contributed by atoms with Crippen LogP contribution in [0.1, 0.15) is 43.1 Å². The van der Waals surface area contributed by atoms with Crippen LogP contribution in [0.15, 0.2) is 51.7 Å². The number of thiazole rings is 1. The van der Waals surface area contributed by atoms with E-state index in [1.54, 1.807) is 31.2 Å². The van der Waals surface area contributed by atoms with E-state index in [1.165, 1.54) is 18.1 Å². The molecule has 0 N–H and O–H groups in total. The zero-order valence-corrected chi connectivity index (χ0v) is 18.8. The molecule has 166 valence electrons. The van der Waals surface area contributed by atoms with Crippen molar-refractivity contribution in [1.82, 2.24) is 4.98 Å². The molecule has 1 aliphatic rings. The summed E-state index contributed by atoms with van der Waals surface area (Å²) in [6, 6.07) is 9.27. The molecule has 2 aromatic heterocycles. The molecule has 1 amide bonds. The SMILES string of the molecule is COC(=O)c1sc(N2C(=O)c3oc4ccc(F)cc4c(=O)c3C2c2cccc(Cl)c2)nc1C. The van der Waals surface area contributed by atoms with Gasteiger partial charge in [-0.2, -0.15) is 0 Å². The zero-order chi connectivity index (χ0) is 23.4. The van der Waals surface area contributed by atoms with Gasteiger partial charge < -0.3 is 9.15 Å². The molecule has 0 saturated heterocycles. The van der Waals surface area contributed by atoms with Gasteiger partial charge in [-0.05, 0) is 42.8 Å². The summed E-state index contributed by atoms with van der Waals surface area (Å²) < 4.78 is 24.5. The topological polar surface area (TPSA) is 89.7 Å². The number of rotatable bonds is 3. The van der Waals surface area contributed by atoms with Gasteiger partial charge in [0.1, 0.15) is 16.3 Å². The van der Waals surface area contributed by atoms with E-state index < -0.39 is 29.2 Å². The van der Waals surface area contributed by atoms with Crippen molar-refractivity contribution in [3.05, 3.63) is 91.0 Å². The molecule has 0 saturated carbocycles. The molecule has 2 aromatic carbocycles. The van der Waals surface area contributed by atoms with Crippen molar-refractivity contribution in [2.45, 2.75) is 13.0 Å². The fraction of sp³-hybridized carbons (Fsp3) is 0.130. The van der Waals surface area contributed by atoms with E-state index in [0.29, 0.717) is 16.3 Å².